The van der Waals surface area contributed by atoms with Crippen molar-refractivity contribution in [3.8, 4) is 12.1 Å². The number of nitrogens with zero attached hydrogens (tertiary/aromatic N) is 5. The van der Waals surface area contributed by atoms with Crippen molar-refractivity contribution in [3.05, 3.63) is 51.6 Å². The summed E-state index contributed by atoms with van der Waals surface area (Å²) < 4.78 is 0. The van der Waals surface area contributed by atoms with Gasteiger partial charge >= 0.3 is 0 Å². The second-order valence-electron chi connectivity index (χ2n) is 5.12. The van der Waals surface area contributed by atoms with E-state index in [0.29, 0.717) is 11.4 Å². The fourth-order valence-corrected chi connectivity index (χ4v) is 2.31. The van der Waals surface area contributed by atoms with E-state index in [1.165, 1.54) is 5.56 Å². The molecular weight excluding hydrogens is 274 g/mol. The molecule has 2 rings (SSSR count). The average molecular weight is 289 g/mol. The number of hydrogen-bond donors (Lipinski definition) is 0. The third kappa shape index (κ3) is 2.99. The molecule has 1 aromatic carbocycles. The molecule has 0 aliphatic carbocycles. The van der Waals surface area contributed by atoms with E-state index in [4.69, 9.17) is 10.5 Å². The van der Waals surface area contributed by atoms with Crippen LogP contribution >= 0.6 is 0 Å². The van der Waals surface area contributed by atoms with E-state index >= 15 is 0 Å². The molecule has 22 heavy (non-hydrogen) atoms. The van der Waals surface area contributed by atoms with Gasteiger partial charge in [-0.2, -0.15) is 10.5 Å². The van der Waals surface area contributed by atoms with E-state index < -0.39 is 0 Å². The molecule has 0 bridgehead atoms. The monoisotopic (exact) mass is 289 g/mol. The van der Waals surface area contributed by atoms with Crippen LogP contribution in [0.4, 0.5) is 5.69 Å². The summed E-state index contributed by atoms with van der Waals surface area (Å²) in [6, 6.07) is 7.89. The quantitative estimate of drug-likeness (QED) is 0.794. The van der Waals surface area contributed by atoms with Crippen LogP contribution in [0.15, 0.2) is 17.1 Å². The molecule has 0 radical (unpaired) electrons. The Hall–Kier alpha value is -3.05. The fourth-order valence-electron chi connectivity index (χ4n) is 2.31. The number of benzene rings is 1. The van der Waals surface area contributed by atoms with Crippen molar-refractivity contribution in [2.75, 3.05) is 0 Å². The van der Waals surface area contributed by atoms with Gasteiger partial charge in [0, 0.05) is 0 Å². The first kappa shape index (κ1) is 15.3. The maximum absolute atomic E-state index is 9.02. The summed E-state index contributed by atoms with van der Waals surface area (Å²) in [6.07, 6.45) is 1.59. The lowest BCUT2D eigenvalue weighted by Gasteiger charge is -2.06. The van der Waals surface area contributed by atoms with Gasteiger partial charge in [-0.3, -0.25) is 4.99 Å². The minimum Gasteiger partial charge on any atom is -0.254 e. The second-order valence-corrected chi connectivity index (χ2v) is 5.12. The molecule has 0 amide bonds. The number of nitriles is 2. The molecule has 0 N–H and O–H groups in total. The van der Waals surface area contributed by atoms with Crippen molar-refractivity contribution in [2.24, 2.45) is 4.99 Å². The van der Waals surface area contributed by atoms with Gasteiger partial charge in [-0.25, -0.2) is 9.97 Å². The molecule has 2 aromatic rings. The van der Waals surface area contributed by atoms with Gasteiger partial charge in [-0.05, 0) is 38.8 Å². The molecule has 0 fully saturated rings. The predicted molar refractivity (Wildman–Crippen MR) is 84.1 cm³/mol. The van der Waals surface area contributed by atoms with Gasteiger partial charge in [0.15, 0.2) is 11.4 Å². The van der Waals surface area contributed by atoms with E-state index in [1.54, 1.807) is 13.1 Å². The zero-order valence-corrected chi connectivity index (χ0v) is 13.0. The summed E-state index contributed by atoms with van der Waals surface area (Å²) in [4.78, 5) is 12.7. The highest BCUT2D eigenvalue weighted by Gasteiger charge is 2.09. The van der Waals surface area contributed by atoms with Crippen molar-refractivity contribution in [2.45, 2.75) is 27.7 Å². The highest BCUT2D eigenvalue weighted by molar-refractivity contribution is 5.82. The molecule has 5 nitrogen and oxygen atoms in total. The Labute approximate surface area is 129 Å². The number of aryl methyl sites for hydroxylation is 4. The highest BCUT2D eigenvalue weighted by Crippen LogP contribution is 2.24. The summed E-state index contributed by atoms with van der Waals surface area (Å²) >= 11 is 0. The molecule has 5 heteroatoms. The van der Waals surface area contributed by atoms with Crippen LogP contribution in [0.3, 0.4) is 0 Å². The number of hydrogen-bond acceptors (Lipinski definition) is 5. The van der Waals surface area contributed by atoms with E-state index in [1.807, 2.05) is 32.9 Å². The van der Waals surface area contributed by atoms with Crippen LogP contribution in [0.2, 0.25) is 0 Å². The van der Waals surface area contributed by atoms with Crippen LogP contribution < -0.4 is 0 Å². The highest BCUT2D eigenvalue weighted by atomic mass is 14.9. The smallest absolute Gasteiger partial charge is 0.177 e. The largest absolute Gasteiger partial charge is 0.254 e. The number of aliphatic imine (C=N–C) groups is 1. The van der Waals surface area contributed by atoms with Crippen LogP contribution in [-0.2, 0) is 0 Å². The maximum Gasteiger partial charge on any atom is 0.177 e. The van der Waals surface area contributed by atoms with E-state index in [2.05, 4.69) is 27.1 Å². The Bertz CT molecular complexity index is 828. The Kier molecular flexibility index (Phi) is 4.29. The maximum atomic E-state index is 9.02. The van der Waals surface area contributed by atoms with Crippen LogP contribution in [0.1, 0.15) is 39.5 Å². The van der Waals surface area contributed by atoms with Crippen LogP contribution in [-0.4, -0.2) is 16.2 Å². The zero-order chi connectivity index (χ0) is 16.3. The van der Waals surface area contributed by atoms with Crippen molar-refractivity contribution < 1.29 is 0 Å². The summed E-state index contributed by atoms with van der Waals surface area (Å²) in [6.45, 7) is 7.80. The van der Waals surface area contributed by atoms with Gasteiger partial charge in [0.25, 0.3) is 0 Å². The summed E-state index contributed by atoms with van der Waals surface area (Å²) in [5.41, 5.74) is 5.36. The SMILES string of the molecule is Cc1cc(C)c(N=Cc2nc(C#N)c(C#N)nc2C)c(C)c1. The van der Waals surface area contributed by atoms with E-state index in [9.17, 15) is 0 Å². The fraction of sp³-hybridized carbons (Fsp3) is 0.235. The second kappa shape index (κ2) is 6.15. The van der Waals surface area contributed by atoms with Gasteiger partial charge < -0.3 is 0 Å². The average Bonchev–Trinajstić information content (AvgIpc) is 2.47. The standard InChI is InChI=1S/C17H15N5/c1-10-5-11(2)17(12(3)6-10)20-9-16-13(4)21-14(7-18)15(8-19)22-16/h5-6,9H,1-4H3. The molecule has 0 saturated heterocycles. The lowest BCUT2D eigenvalue weighted by Crippen LogP contribution is -2.03. The number of rotatable bonds is 2. The zero-order valence-electron chi connectivity index (χ0n) is 13.0. The summed E-state index contributed by atoms with van der Waals surface area (Å²) in [5, 5.41) is 18.0. The third-order valence-electron chi connectivity index (χ3n) is 3.27. The Balaban J connectivity index is 2.48. The Morgan fingerprint density at radius 2 is 1.50 bits per heavy atom. The van der Waals surface area contributed by atoms with Crippen LogP contribution in [0, 0.1) is 50.4 Å². The molecule has 0 spiro atoms. The number of aromatic nitrogens is 2. The van der Waals surface area contributed by atoms with Crippen molar-refractivity contribution in [1.29, 1.82) is 10.5 Å². The van der Waals surface area contributed by atoms with Gasteiger partial charge in [0.1, 0.15) is 17.8 Å². The Morgan fingerprint density at radius 3 is 2.05 bits per heavy atom. The first-order chi connectivity index (χ1) is 10.5. The van der Waals surface area contributed by atoms with Crippen molar-refractivity contribution >= 4 is 11.9 Å². The summed E-state index contributed by atoms with van der Waals surface area (Å²) in [5.74, 6) is 0. The normalized spacial score (nSPS) is 10.5. The van der Waals surface area contributed by atoms with E-state index in [-0.39, 0.29) is 11.4 Å². The molecule has 0 aliphatic rings. The molecule has 0 aliphatic heterocycles. The minimum atomic E-state index is 0.0203. The topological polar surface area (TPSA) is 85.7 Å². The molecule has 1 heterocycles. The molecule has 0 atom stereocenters. The molecule has 0 unspecified atom stereocenters. The van der Waals surface area contributed by atoms with E-state index in [0.717, 1.165) is 16.8 Å². The first-order valence-electron chi connectivity index (χ1n) is 6.77. The molecule has 0 saturated carbocycles. The van der Waals surface area contributed by atoms with Crippen LogP contribution in [0.5, 0.6) is 0 Å². The third-order valence-corrected chi connectivity index (χ3v) is 3.27. The minimum absolute atomic E-state index is 0.0203. The van der Waals surface area contributed by atoms with Crippen molar-refractivity contribution in [3.63, 3.8) is 0 Å². The lowest BCUT2D eigenvalue weighted by molar-refractivity contribution is 1.05. The Morgan fingerprint density at radius 1 is 0.955 bits per heavy atom. The molecular formula is C17H15N5. The molecule has 108 valence electrons. The van der Waals surface area contributed by atoms with Crippen molar-refractivity contribution in [1.82, 2.24) is 9.97 Å². The van der Waals surface area contributed by atoms with Gasteiger partial charge in [0.2, 0.25) is 0 Å². The lowest BCUT2D eigenvalue weighted by atomic mass is 10.1. The van der Waals surface area contributed by atoms with Gasteiger partial charge in [0.05, 0.1) is 17.6 Å². The van der Waals surface area contributed by atoms with Gasteiger partial charge in [-0.1, -0.05) is 17.7 Å². The molecule has 1 aromatic heterocycles. The van der Waals surface area contributed by atoms with Gasteiger partial charge in [-0.15, -0.1) is 0 Å². The summed E-state index contributed by atoms with van der Waals surface area (Å²) in [7, 11) is 0. The first-order valence-corrected chi connectivity index (χ1v) is 6.77. The predicted octanol–water partition coefficient (Wildman–Crippen LogP) is 3.20. The van der Waals surface area contributed by atoms with Crippen LogP contribution in [0.25, 0.3) is 0 Å².